The van der Waals surface area contributed by atoms with E-state index in [1.165, 1.54) is 30.3 Å². The molecule has 0 amide bonds. The first-order chi connectivity index (χ1) is 15.4. The highest BCUT2D eigenvalue weighted by Crippen LogP contribution is 2.29. The fourth-order valence-electron chi connectivity index (χ4n) is 2.92. The van der Waals surface area contributed by atoms with Gasteiger partial charge in [-0.05, 0) is 24.3 Å². The minimum absolute atomic E-state index is 0.0675. The topological polar surface area (TPSA) is 115 Å². The van der Waals surface area contributed by atoms with Gasteiger partial charge in [-0.25, -0.2) is 0 Å². The third-order valence-corrected chi connectivity index (χ3v) is 4.56. The molecule has 0 radical (unpaired) electrons. The molecule has 6 nitrogen and oxygen atoms in total. The Balaban J connectivity index is 0.000000181. The van der Waals surface area contributed by atoms with Crippen molar-refractivity contribution in [2.45, 2.75) is 0 Å². The van der Waals surface area contributed by atoms with Gasteiger partial charge in [0.1, 0.15) is 11.5 Å². The molecule has 0 atom stereocenters. The first-order valence-corrected chi connectivity index (χ1v) is 9.61. The summed E-state index contributed by atoms with van der Waals surface area (Å²) in [6.07, 6.45) is 0. The number of phenolic OH excluding ortho intramolecular Hbond substituents is 4. The highest BCUT2D eigenvalue weighted by molar-refractivity contribution is 6.11. The van der Waals surface area contributed by atoms with Crippen LogP contribution in [0, 0.1) is 0 Å². The molecule has 4 rings (SSSR count). The van der Waals surface area contributed by atoms with E-state index in [0.29, 0.717) is 11.1 Å². The lowest BCUT2D eigenvalue weighted by Crippen LogP contribution is -2.01. The van der Waals surface area contributed by atoms with Gasteiger partial charge in [0.25, 0.3) is 0 Å². The summed E-state index contributed by atoms with van der Waals surface area (Å²) in [5.74, 6) is -1.53. The Morgan fingerprint density at radius 3 is 1.56 bits per heavy atom. The zero-order valence-electron chi connectivity index (χ0n) is 16.8. The molecule has 0 fully saturated rings. The number of hydrogen-bond donors (Lipinski definition) is 4. The summed E-state index contributed by atoms with van der Waals surface area (Å²) in [6, 6.07) is 25.5. The van der Waals surface area contributed by atoms with E-state index in [0.717, 1.165) is 6.07 Å². The van der Waals surface area contributed by atoms with Gasteiger partial charge in [-0.2, -0.15) is 0 Å². The second-order valence-electron chi connectivity index (χ2n) is 6.77. The second-order valence-corrected chi connectivity index (χ2v) is 6.77. The van der Waals surface area contributed by atoms with Gasteiger partial charge in [0.2, 0.25) is 0 Å². The van der Waals surface area contributed by atoms with E-state index >= 15 is 0 Å². The van der Waals surface area contributed by atoms with Crippen molar-refractivity contribution in [1.82, 2.24) is 0 Å². The molecule has 0 aliphatic rings. The number of carbonyl (C=O) groups is 2. The van der Waals surface area contributed by atoms with E-state index < -0.39 is 0 Å². The van der Waals surface area contributed by atoms with E-state index in [1.807, 2.05) is 6.07 Å². The number of benzene rings is 4. The maximum atomic E-state index is 11.9. The molecule has 0 aliphatic carbocycles. The summed E-state index contributed by atoms with van der Waals surface area (Å²) < 4.78 is 0. The molecular formula is C26H20O6. The van der Waals surface area contributed by atoms with Gasteiger partial charge in [-0.1, -0.05) is 66.7 Å². The van der Waals surface area contributed by atoms with Crippen molar-refractivity contribution in [2.24, 2.45) is 0 Å². The zero-order valence-corrected chi connectivity index (χ0v) is 16.8. The van der Waals surface area contributed by atoms with Crippen LogP contribution in [-0.4, -0.2) is 32.0 Å². The van der Waals surface area contributed by atoms with Crippen molar-refractivity contribution >= 4 is 11.6 Å². The van der Waals surface area contributed by atoms with Crippen molar-refractivity contribution in [3.63, 3.8) is 0 Å². The lowest BCUT2D eigenvalue weighted by Gasteiger charge is -2.04. The Kier molecular flexibility index (Phi) is 6.88. The smallest absolute Gasteiger partial charge is 0.196 e. The predicted octanol–water partition coefficient (Wildman–Crippen LogP) is 4.66. The summed E-state index contributed by atoms with van der Waals surface area (Å²) in [7, 11) is 0. The molecular weight excluding hydrogens is 408 g/mol. The number of carbonyl (C=O) groups excluding carboxylic acids is 2. The van der Waals surface area contributed by atoms with Gasteiger partial charge in [-0.15, -0.1) is 0 Å². The van der Waals surface area contributed by atoms with Crippen molar-refractivity contribution < 1.29 is 30.0 Å². The minimum atomic E-state index is -0.378. The van der Waals surface area contributed by atoms with Crippen LogP contribution in [0.2, 0.25) is 0 Å². The fraction of sp³-hybridized carbons (Fsp3) is 0. The van der Waals surface area contributed by atoms with Crippen LogP contribution in [0.5, 0.6) is 23.0 Å². The van der Waals surface area contributed by atoms with Crippen LogP contribution < -0.4 is 0 Å². The molecule has 0 spiro atoms. The van der Waals surface area contributed by atoms with Crippen molar-refractivity contribution in [3.05, 3.63) is 119 Å². The van der Waals surface area contributed by atoms with Gasteiger partial charge in [0.05, 0.1) is 11.1 Å². The molecule has 4 aromatic rings. The zero-order chi connectivity index (χ0) is 23.1. The molecule has 160 valence electrons. The normalized spacial score (nSPS) is 10.0. The van der Waals surface area contributed by atoms with Gasteiger partial charge in [-0.3, -0.25) is 9.59 Å². The molecule has 0 unspecified atom stereocenters. The standard InChI is InChI=1S/2C13H10O3/c14-11-8-4-7-10(13(11)16)12(15)9-5-2-1-3-6-9;14-10-6-7-11(12(15)8-10)13(16)9-4-2-1-3-5-9/h1-8,14,16H;1-8,14-15H. The summed E-state index contributed by atoms with van der Waals surface area (Å²) in [5, 5.41) is 37.5. The largest absolute Gasteiger partial charge is 0.508 e. The Bertz CT molecular complexity index is 1230. The van der Waals surface area contributed by atoms with E-state index in [9.17, 15) is 24.9 Å². The van der Waals surface area contributed by atoms with E-state index in [2.05, 4.69) is 0 Å². The average molecular weight is 428 g/mol. The van der Waals surface area contributed by atoms with Gasteiger partial charge < -0.3 is 20.4 Å². The summed E-state index contributed by atoms with van der Waals surface area (Å²) in [4.78, 5) is 23.9. The van der Waals surface area contributed by atoms with E-state index in [4.69, 9.17) is 5.11 Å². The van der Waals surface area contributed by atoms with Crippen molar-refractivity contribution in [1.29, 1.82) is 0 Å². The monoisotopic (exact) mass is 428 g/mol. The van der Waals surface area contributed by atoms with Gasteiger partial charge in [0, 0.05) is 17.2 Å². The van der Waals surface area contributed by atoms with Crippen LogP contribution >= 0.6 is 0 Å². The van der Waals surface area contributed by atoms with Crippen LogP contribution in [0.3, 0.4) is 0 Å². The molecule has 4 aromatic carbocycles. The van der Waals surface area contributed by atoms with Crippen molar-refractivity contribution in [2.75, 3.05) is 0 Å². The molecule has 0 saturated heterocycles. The molecule has 0 heterocycles. The van der Waals surface area contributed by atoms with Gasteiger partial charge >= 0.3 is 0 Å². The molecule has 0 aliphatic heterocycles. The molecule has 0 saturated carbocycles. The lowest BCUT2D eigenvalue weighted by molar-refractivity contribution is 0.102. The Morgan fingerprint density at radius 1 is 0.500 bits per heavy atom. The third kappa shape index (κ3) is 5.12. The molecule has 32 heavy (non-hydrogen) atoms. The van der Waals surface area contributed by atoms with Crippen LogP contribution in [-0.2, 0) is 0 Å². The Morgan fingerprint density at radius 2 is 1.03 bits per heavy atom. The number of para-hydroxylation sites is 1. The summed E-state index contributed by atoms with van der Waals surface area (Å²) in [6.45, 7) is 0. The minimum Gasteiger partial charge on any atom is -0.508 e. The highest BCUT2D eigenvalue weighted by Gasteiger charge is 2.15. The number of phenols is 4. The van der Waals surface area contributed by atoms with Crippen molar-refractivity contribution in [3.8, 4) is 23.0 Å². The number of hydrogen-bond acceptors (Lipinski definition) is 6. The third-order valence-electron chi connectivity index (χ3n) is 4.56. The fourth-order valence-corrected chi connectivity index (χ4v) is 2.92. The van der Waals surface area contributed by atoms with E-state index in [1.54, 1.807) is 54.6 Å². The Hall–Kier alpha value is -4.58. The first kappa shape index (κ1) is 22.1. The maximum Gasteiger partial charge on any atom is 0.196 e. The van der Waals surface area contributed by atoms with Crippen LogP contribution in [0.25, 0.3) is 0 Å². The van der Waals surface area contributed by atoms with E-state index in [-0.39, 0.29) is 45.7 Å². The number of ketones is 2. The molecule has 0 aromatic heterocycles. The van der Waals surface area contributed by atoms with Crippen LogP contribution in [0.1, 0.15) is 31.8 Å². The molecule has 4 N–H and O–H groups in total. The number of rotatable bonds is 4. The lowest BCUT2D eigenvalue weighted by atomic mass is 10.0. The van der Waals surface area contributed by atoms with Crippen LogP contribution in [0.15, 0.2) is 97.1 Å². The predicted molar refractivity (Wildman–Crippen MR) is 119 cm³/mol. The Labute approximate surface area is 184 Å². The van der Waals surface area contributed by atoms with Crippen LogP contribution in [0.4, 0.5) is 0 Å². The molecule has 0 bridgehead atoms. The quantitative estimate of drug-likeness (QED) is 0.278. The average Bonchev–Trinajstić information content (AvgIpc) is 2.82. The molecule has 6 heteroatoms. The van der Waals surface area contributed by atoms with Gasteiger partial charge in [0.15, 0.2) is 23.1 Å². The first-order valence-electron chi connectivity index (χ1n) is 9.61. The SMILES string of the molecule is O=C(c1ccccc1)c1ccc(O)cc1O.O=C(c1ccccc1)c1cccc(O)c1O. The summed E-state index contributed by atoms with van der Waals surface area (Å²) in [5.41, 5.74) is 1.27. The second kappa shape index (κ2) is 9.95. The highest BCUT2D eigenvalue weighted by atomic mass is 16.3. The number of aromatic hydroxyl groups is 4. The summed E-state index contributed by atoms with van der Waals surface area (Å²) >= 11 is 0. The maximum absolute atomic E-state index is 11.9.